The van der Waals surface area contributed by atoms with E-state index in [4.69, 9.17) is 0 Å². The van der Waals surface area contributed by atoms with E-state index in [1.54, 1.807) is 0 Å². The highest BCUT2D eigenvalue weighted by atomic mass is 32.1. The Bertz CT molecular complexity index is 391. The van der Waals surface area contributed by atoms with Gasteiger partial charge in [-0.15, -0.1) is 11.3 Å². The quantitative estimate of drug-likeness (QED) is 0.871. The van der Waals surface area contributed by atoms with Gasteiger partial charge < -0.3 is 10.4 Å². The smallest absolute Gasteiger partial charge is 0.0959 e. The molecule has 1 aromatic heterocycles. The number of aliphatic hydroxyl groups excluding tert-OH is 1. The molecule has 19 heavy (non-hydrogen) atoms. The van der Waals surface area contributed by atoms with E-state index in [0.717, 1.165) is 6.54 Å². The SMILES string of the molecule is CC(C)(C)C(O)CNCc1cnc(C2CCCC2)s1. The second-order valence-electron chi connectivity index (χ2n) is 6.66. The van der Waals surface area contributed by atoms with Gasteiger partial charge in [0.2, 0.25) is 0 Å². The van der Waals surface area contributed by atoms with Crippen LogP contribution in [0.15, 0.2) is 6.20 Å². The van der Waals surface area contributed by atoms with Crippen LogP contribution in [0.1, 0.15) is 62.3 Å². The molecule has 0 saturated heterocycles. The van der Waals surface area contributed by atoms with E-state index < -0.39 is 0 Å². The van der Waals surface area contributed by atoms with Gasteiger partial charge in [0.05, 0.1) is 11.1 Å². The van der Waals surface area contributed by atoms with Crippen LogP contribution in [0.25, 0.3) is 0 Å². The van der Waals surface area contributed by atoms with Crippen LogP contribution in [-0.4, -0.2) is 22.7 Å². The fourth-order valence-electron chi connectivity index (χ4n) is 2.40. The summed E-state index contributed by atoms with van der Waals surface area (Å²) in [7, 11) is 0. The summed E-state index contributed by atoms with van der Waals surface area (Å²) >= 11 is 1.83. The predicted octanol–water partition coefficient (Wildman–Crippen LogP) is 3.30. The Morgan fingerprint density at radius 2 is 2.11 bits per heavy atom. The molecular weight excluding hydrogens is 256 g/mol. The van der Waals surface area contributed by atoms with Crippen molar-refractivity contribution in [1.29, 1.82) is 0 Å². The summed E-state index contributed by atoms with van der Waals surface area (Å²) < 4.78 is 0. The largest absolute Gasteiger partial charge is 0.391 e. The van der Waals surface area contributed by atoms with Crippen LogP contribution in [0.4, 0.5) is 0 Å². The second kappa shape index (κ2) is 6.33. The van der Waals surface area contributed by atoms with Crippen molar-refractivity contribution in [3.8, 4) is 0 Å². The number of thiazole rings is 1. The van der Waals surface area contributed by atoms with Crippen LogP contribution < -0.4 is 5.32 Å². The average Bonchev–Trinajstić information content (AvgIpc) is 2.97. The molecule has 1 aliphatic rings. The van der Waals surface area contributed by atoms with Crippen molar-refractivity contribution in [3.05, 3.63) is 16.1 Å². The zero-order valence-electron chi connectivity index (χ0n) is 12.3. The van der Waals surface area contributed by atoms with Crippen LogP contribution in [0.3, 0.4) is 0 Å². The lowest BCUT2D eigenvalue weighted by Gasteiger charge is -2.25. The monoisotopic (exact) mass is 282 g/mol. The number of nitrogens with zero attached hydrogens (tertiary/aromatic N) is 1. The first-order chi connectivity index (χ1) is 8.97. The summed E-state index contributed by atoms with van der Waals surface area (Å²) in [6.07, 6.45) is 7.02. The molecule has 1 atom stereocenters. The summed E-state index contributed by atoms with van der Waals surface area (Å²) in [5.41, 5.74) is -0.0598. The Hall–Kier alpha value is -0.450. The number of aromatic nitrogens is 1. The Labute approximate surface area is 120 Å². The molecule has 0 aliphatic heterocycles. The topological polar surface area (TPSA) is 45.1 Å². The molecular formula is C15H26N2OS. The van der Waals surface area contributed by atoms with E-state index in [1.165, 1.54) is 35.6 Å². The number of aliphatic hydroxyl groups is 1. The maximum Gasteiger partial charge on any atom is 0.0959 e. The van der Waals surface area contributed by atoms with Crippen molar-refractivity contribution < 1.29 is 5.11 Å². The molecule has 108 valence electrons. The lowest BCUT2D eigenvalue weighted by molar-refractivity contribution is 0.0628. The van der Waals surface area contributed by atoms with Crippen molar-refractivity contribution >= 4 is 11.3 Å². The molecule has 1 aliphatic carbocycles. The third-order valence-electron chi connectivity index (χ3n) is 3.91. The van der Waals surface area contributed by atoms with Crippen molar-refractivity contribution in [2.24, 2.45) is 5.41 Å². The van der Waals surface area contributed by atoms with Gasteiger partial charge in [-0.25, -0.2) is 4.98 Å². The predicted molar refractivity (Wildman–Crippen MR) is 80.5 cm³/mol. The Kier molecular flexibility index (Phi) is 4.98. The molecule has 1 aromatic rings. The summed E-state index contributed by atoms with van der Waals surface area (Å²) in [5.74, 6) is 0.707. The molecule has 2 N–H and O–H groups in total. The fourth-order valence-corrected chi connectivity index (χ4v) is 3.46. The summed E-state index contributed by atoms with van der Waals surface area (Å²) in [4.78, 5) is 5.84. The Morgan fingerprint density at radius 1 is 1.42 bits per heavy atom. The number of nitrogens with one attached hydrogen (secondary N) is 1. The van der Waals surface area contributed by atoms with Gasteiger partial charge in [0, 0.05) is 30.1 Å². The molecule has 3 nitrogen and oxygen atoms in total. The summed E-state index contributed by atoms with van der Waals surface area (Å²) in [6, 6.07) is 0. The molecule has 0 spiro atoms. The minimum absolute atomic E-state index is 0.0598. The minimum Gasteiger partial charge on any atom is -0.391 e. The molecule has 1 heterocycles. The highest BCUT2D eigenvalue weighted by Crippen LogP contribution is 2.35. The first-order valence-corrected chi connectivity index (χ1v) is 8.12. The van der Waals surface area contributed by atoms with Crippen molar-refractivity contribution in [2.75, 3.05) is 6.54 Å². The second-order valence-corrected chi connectivity index (χ2v) is 7.81. The van der Waals surface area contributed by atoms with E-state index in [1.807, 2.05) is 17.5 Å². The van der Waals surface area contributed by atoms with Gasteiger partial charge in [0.15, 0.2) is 0 Å². The highest BCUT2D eigenvalue weighted by molar-refractivity contribution is 7.11. The van der Waals surface area contributed by atoms with Crippen LogP contribution in [0.5, 0.6) is 0 Å². The van der Waals surface area contributed by atoms with Gasteiger partial charge >= 0.3 is 0 Å². The van der Waals surface area contributed by atoms with Gasteiger partial charge in [-0.2, -0.15) is 0 Å². The van der Waals surface area contributed by atoms with Crippen LogP contribution >= 0.6 is 11.3 Å². The molecule has 1 unspecified atom stereocenters. The molecule has 0 aromatic carbocycles. The molecule has 0 radical (unpaired) electrons. The Morgan fingerprint density at radius 3 is 2.74 bits per heavy atom. The van der Waals surface area contributed by atoms with Crippen molar-refractivity contribution in [2.45, 2.75) is 65.0 Å². The molecule has 1 fully saturated rings. The molecule has 4 heteroatoms. The minimum atomic E-state index is -0.310. The average molecular weight is 282 g/mol. The number of hydrogen-bond acceptors (Lipinski definition) is 4. The van der Waals surface area contributed by atoms with Gasteiger partial charge in [-0.3, -0.25) is 0 Å². The number of hydrogen-bond donors (Lipinski definition) is 2. The summed E-state index contributed by atoms with van der Waals surface area (Å²) in [5, 5.41) is 14.6. The maximum absolute atomic E-state index is 9.97. The van der Waals surface area contributed by atoms with Crippen LogP contribution in [0, 0.1) is 5.41 Å². The zero-order chi connectivity index (χ0) is 13.9. The van der Waals surface area contributed by atoms with Crippen LogP contribution in [-0.2, 0) is 6.54 Å². The van der Waals surface area contributed by atoms with Gasteiger partial charge in [-0.1, -0.05) is 33.6 Å². The fraction of sp³-hybridized carbons (Fsp3) is 0.800. The van der Waals surface area contributed by atoms with E-state index in [-0.39, 0.29) is 11.5 Å². The Balaban J connectivity index is 1.77. The number of rotatable bonds is 5. The van der Waals surface area contributed by atoms with Crippen molar-refractivity contribution in [3.63, 3.8) is 0 Å². The van der Waals surface area contributed by atoms with Crippen LogP contribution in [0.2, 0.25) is 0 Å². The third kappa shape index (κ3) is 4.26. The third-order valence-corrected chi connectivity index (χ3v) is 5.07. The highest BCUT2D eigenvalue weighted by Gasteiger charge is 2.22. The lowest BCUT2D eigenvalue weighted by Crippen LogP contribution is -2.36. The molecule has 0 bridgehead atoms. The molecule has 1 saturated carbocycles. The molecule has 0 amide bonds. The lowest BCUT2D eigenvalue weighted by atomic mass is 9.89. The zero-order valence-corrected chi connectivity index (χ0v) is 13.1. The first kappa shape index (κ1) is 14.9. The van der Waals surface area contributed by atoms with E-state index >= 15 is 0 Å². The van der Waals surface area contributed by atoms with Gasteiger partial charge in [0.25, 0.3) is 0 Å². The molecule has 2 rings (SSSR count). The normalized spacial score (nSPS) is 18.9. The summed E-state index contributed by atoms with van der Waals surface area (Å²) in [6.45, 7) is 7.64. The standard InChI is InChI=1S/C15H26N2OS/c1-15(2,3)13(18)10-16-8-12-9-17-14(19-12)11-6-4-5-7-11/h9,11,13,16,18H,4-8,10H2,1-3H3. The van der Waals surface area contributed by atoms with Gasteiger partial charge in [-0.05, 0) is 18.3 Å². The van der Waals surface area contributed by atoms with Gasteiger partial charge in [0.1, 0.15) is 0 Å². The van der Waals surface area contributed by atoms with E-state index in [9.17, 15) is 5.11 Å². The van der Waals surface area contributed by atoms with Crippen molar-refractivity contribution in [1.82, 2.24) is 10.3 Å². The maximum atomic E-state index is 9.97. The first-order valence-electron chi connectivity index (χ1n) is 7.30. The van der Waals surface area contributed by atoms with E-state index in [0.29, 0.717) is 12.5 Å². The van der Waals surface area contributed by atoms with E-state index in [2.05, 4.69) is 31.1 Å².